The molecule has 0 aliphatic heterocycles. The number of aromatic carboxylic acids is 1. The summed E-state index contributed by atoms with van der Waals surface area (Å²) in [5.74, 6) is 0.461. The molecular formula is C16H22N2O2. The smallest absolute Gasteiger partial charge is 0.335 e. The Labute approximate surface area is 119 Å². The van der Waals surface area contributed by atoms with Crippen molar-refractivity contribution in [3.8, 4) is 0 Å². The van der Waals surface area contributed by atoms with Crippen LogP contribution >= 0.6 is 0 Å². The zero-order valence-electron chi connectivity index (χ0n) is 12.6. The van der Waals surface area contributed by atoms with Crippen molar-refractivity contribution >= 4 is 17.0 Å². The summed E-state index contributed by atoms with van der Waals surface area (Å²) in [6.45, 7) is 8.56. The summed E-state index contributed by atoms with van der Waals surface area (Å²) in [5, 5.41) is 9.17. The number of carboxylic acids is 1. The van der Waals surface area contributed by atoms with Crippen molar-refractivity contribution in [2.24, 2.45) is 0 Å². The van der Waals surface area contributed by atoms with Gasteiger partial charge in [-0.15, -0.1) is 0 Å². The van der Waals surface area contributed by atoms with E-state index in [4.69, 9.17) is 4.98 Å². The molecule has 1 heterocycles. The topological polar surface area (TPSA) is 55.1 Å². The second-order valence-corrected chi connectivity index (χ2v) is 5.47. The van der Waals surface area contributed by atoms with Gasteiger partial charge in [0, 0.05) is 12.0 Å². The van der Waals surface area contributed by atoms with Crippen molar-refractivity contribution in [3.05, 3.63) is 29.6 Å². The Kier molecular flexibility index (Phi) is 4.12. The van der Waals surface area contributed by atoms with Gasteiger partial charge in [-0.25, -0.2) is 9.78 Å². The summed E-state index contributed by atoms with van der Waals surface area (Å²) in [6, 6.07) is 5.54. The Bertz CT molecular complexity index is 625. The third-order valence-electron chi connectivity index (χ3n) is 3.79. The van der Waals surface area contributed by atoms with Crippen molar-refractivity contribution in [2.45, 2.75) is 52.5 Å². The molecule has 108 valence electrons. The van der Waals surface area contributed by atoms with Crippen LogP contribution in [0.1, 0.15) is 68.7 Å². The van der Waals surface area contributed by atoms with Gasteiger partial charge in [-0.2, -0.15) is 0 Å². The van der Waals surface area contributed by atoms with E-state index < -0.39 is 5.97 Å². The third-order valence-corrected chi connectivity index (χ3v) is 3.79. The van der Waals surface area contributed by atoms with E-state index in [1.807, 2.05) is 6.07 Å². The van der Waals surface area contributed by atoms with Gasteiger partial charge in [-0.3, -0.25) is 0 Å². The quantitative estimate of drug-likeness (QED) is 0.888. The average molecular weight is 274 g/mol. The maximum Gasteiger partial charge on any atom is 0.335 e. The lowest BCUT2D eigenvalue weighted by molar-refractivity contribution is 0.0697. The van der Waals surface area contributed by atoms with Crippen LogP contribution in [0.15, 0.2) is 18.2 Å². The predicted octanol–water partition coefficient (Wildman–Crippen LogP) is 4.22. The fourth-order valence-electron chi connectivity index (χ4n) is 2.69. The summed E-state index contributed by atoms with van der Waals surface area (Å²) in [7, 11) is 0. The molecule has 0 aliphatic carbocycles. The number of aromatic nitrogens is 2. The van der Waals surface area contributed by atoms with E-state index in [1.165, 1.54) is 0 Å². The Morgan fingerprint density at radius 2 is 1.95 bits per heavy atom. The van der Waals surface area contributed by atoms with Gasteiger partial charge in [0.1, 0.15) is 5.82 Å². The first kappa shape index (κ1) is 14.6. The lowest BCUT2D eigenvalue weighted by Crippen LogP contribution is -2.12. The highest BCUT2D eigenvalue weighted by Crippen LogP contribution is 2.29. The molecule has 1 aromatic carbocycles. The van der Waals surface area contributed by atoms with Gasteiger partial charge in [0.2, 0.25) is 0 Å². The normalized spacial score (nSPS) is 11.7. The molecule has 1 aromatic heterocycles. The molecule has 4 nitrogen and oxygen atoms in total. The SMILES string of the molecule is CCC(CC)n1c(C(C)C)nc2ccc(C(=O)O)cc21. The Morgan fingerprint density at radius 3 is 2.45 bits per heavy atom. The number of benzene rings is 1. The minimum absolute atomic E-state index is 0.316. The van der Waals surface area contributed by atoms with Crippen LogP contribution in [0.5, 0.6) is 0 Å². The Morgan fingerprint density at radius 1 is 1.30 bits per heavy atom. The molecule has 0 aliphatic rings. The number of carboxylic acid groups (broad SMARTS) is 1. The molecule has 2 aromatic rings. The second-order valence-electron chi connectivity index (χ2n) is 5.47. The summed E-state index contributed by atoms with van der Waals surface area (Å²) in [4.78, 5) is 15.9. The van der Waals surface area contributed by atoms with Gasteiger partial charge in [0.05, 0.1) is 16.6 Å². The zero-order valence-corrected chi connectivity index (χ0v) is 12.6. The van der Waals surface area contributed by atoms with E-state index in [0.29, 0.717) is 17.5 Å². The highest BCUT2D eigenvalue weighted by Gasteiger charge is 2.19. The maximum absolute atomic E-state index is 11.2. The summed E-state index contributed by atoms with van der Waals surface area (Å²) in [6.07, 6.45) is 2.03. The molecule has 0 saturated carbocycles. The number of nitrogens with zero attached hydrogens (tertiary/aromatic N) is 2. The van der Waals surface area contributed by atoms with Crippen molar-refractivity contribution in [1.29, 1.82) is 0 Å². The van der Waals surface area contributed by atoms with Crippen LogP contribution in [0.3, 0.4) is 0 Å². The van der Waals surface area contributed by atoms with Crippen LogP contribution in [-0.2, 0) is 0 Å². The highest BCUT2D eigenvalue weighted by molar-refractivity contribution is 5.92. The molecule has 4 heteroatoms. The first-order valence-corrected chi connectivity index (χ1v) is 7.24. The van der Waals surface area contributed by atoms with E-state index in [-0.39, 0.29) is 0 Å². The van der Waals surface area contributed by atoms with Gasteiger partial charge in [0.25, 0.3) is 0 Å². The number of fused-ring (bicyclic) bond motifs is 1. The monoisotopic (exact) mass is 274 g/mol. The standard InChI is InChI=1S/C16H22N2O2/c1-5-12(6-2)18-14-9-11(16(19)20)7-8-13(14)17-15(18)10(3)4/h7-10,12H,5-6H2,1-4H3,(H,19,20). The number of carbonyl (C=O) groups is 1. The predicted molar refractivity (Wildman–Crippen MR) is 80.4 cm³/mol. The molecule has 20 heavy (non-hydrogen) atoms. The van der Waals surface area contributed by atoms with Crippen molar-refractivity contribution in [1.82, 2.24) is 9.55 Å². The number of hydrogen-bond donors (Lipinski definition) is 1. The second kappa shape index (κ2) is 5.65. The number of hydrogen-bond acceptors (Lipinski definition) is 2. The Hall–Kier alpha value is -1.84. The molecule has 0 atom stereocenters. The van der Waals surface area contributed by atoms with Crippen LogP contribution in [0.25, 0.3) is 11.0 Å². The molecule has 0 spiro atoms. The van der Waals surface area contributed by atoms with Crippen LogP contribution in [0, 0.1) is 0 Å². The largest absolute Gasteiger partial charge is 0.478 e. The molecule has 0 unspecified atom stereocenters. The average Bonchev–Trinajstić information content (AvgIpc) is 2.79. The molecule has 1 N–H and O–H groups in total. The Balaban J connectivity index is 2.73. The van der Waals surface area contributed by atoms with Crippen LogP contribution in [-0.4, -0.2) is 20.6 Å². The van der Waals surface area contributed by atoms with Crippen molar-refractivity contribution < 1.29 is 9.90 Å². The molecule has 0 radical (unpaired) electrons. The van der Waals surface area contributed by atoms with E-state index in [1.54, 1.807) is 12.1 Å². The van der Waals surface area contributed by atoms with E-state index in [9.17, 15) is 9.90 Å². The third kappa shape index (κ3) is 2.42. The van der Waals surface area contributed by atoms with Crippen molar-refractivity contribution in [3.63, 3.8) is 0 Å². The van der Waals surface area contributed by atoms with Gasteiger partial charge in [-0.1, -0.05) is 27.7 Å². The van der Waals surface area contributed by atoms with E-state index >= 15 is 0 Å². The van der Waals surface area contributed by atoms with Gasteiger partial charge in [0.15, 0.2) is 0 Å². The van der Waals surface area contributed by atoms with Crippen molar-refractivity contribution in [2.75, 3.05) is 0 Å². The fourth-order valence-corrected chi connectivity index (χ4v) is 2.69. The minimum atomic E-state index is -0.893. The lowest BCUT2D eigenvalue weighted by atomic mass is 10.1. The number of imidazole rings is 1. The van der Waals surface area contributed by atoms with Crippen LogP contribution in [0.4, 0.5) is 0 Å². The summed E-state index contributed by atoms with van der Waals surface area (Å²) in [5.41, 5.74) is 2.13. The van der Waals surface area contributed by atoms with E-state index in [0.717, 1.165) is 29.7 Å². The zero-order chi connectivity index (χ0) is 14.9. The van der Waals surface area contributed by atoms with Gasteiger partial charge >= 0.3 is 5.97 Å². The fraction of sp³-hybridized carbons (Fsp3) is 0.500. The molecule has 0 saturated heterocycles. The van der Waals surface area contributed by atoms with Gasteiger partial charge in [-0.05, 0) is 31.0 Å². The maximum atomic E-state index is 11.2. The summed E-state index contributed by atoms with van der Waals surface area (Å²) < 4.78 is 2.23. The van der Waals surface area contributed by atoms with Gasteiger partial charge < -0.3 is 9.67 Å². The minimum Gasteiger partial charge on any atom is -0.478 e. The molecule has 0 amide bonds. The summed E-state index contributed by atoms with van der Waals surface area (Å²) >= 11 is 0. The van der Waals surface area contributed by atoms with E-state index in [2.05, 4.69) is 32.3 Å². The molecule has 2 rings (SSSR count). The first-order chi connectivity index (χ1) is 9.49. The highest BCUT2D eigenvalue weighted by atomic mass is 16.4. The number of rotatable bonds is 5. The molecule has 0 bridgehead atoms. The lowest BCUT2D eigenvalue weighted by Gasteiger charge is -2.20. The molecular weight excluding hydrogens is 252 g/mol. The van der Waals surface area contributed by atoms with Crippen LogP contribution < -0.4 is 0 Å². The molecule has 0 fully saturated rings. The van der Waals surface area contributed by atoms with Crippen LogP contribution in [0.2, 0.25) is 0 Å². The first-order valence-electron chi connectivity index (χ1n) is 7.24.